The van der Waals surface area contributed by atoms with Gasteiger partial charge >= 0.3 is 6.09 Å². The molecular weight excluding hydrogens is 388 g/mol. The van der Waals surface area contributed by atoms with E-state index >= 15 is 0 Å². The summed E-state index contributed by atoms with van der Waals surface area (Å²) in [5, 5.41) is 10.6. The number of carbonyl (C=O) groups is 1. The summed E-state index contributed by atoms with van der Waals surface area (Å²) < 4.78 is 31.0. The van der Waals surface area contributed by atoms with Gasteiger partial charge in [-0.1, -0.05) is 0 Å². The molecule has 3 rings (SSSR count). The van der Waals surface area contributed by atoms with E-state index in [1.807, 2.05) is 0 Å². The third-order valence-corrected chi connectivity index (χ3v) is 5.97. The maximum atomic E-state index is 12.8. The summed E-state index contributed by atoms with van der Waals surface area (Å²) in [5.74, 6) is -0.297. The second kappa shape index (κ2) is 7.04. The zero-order valence-corrected chi connectivity index (χ0v) is 16.7. The highest BCUT2D eigenvalue weighted by molar-refractivity contribution is 7.91. The molecule has 1 atom stereocenters. The molecule has 0 aliphatic carbocycles. The van der Waals surface area contributed by atoms with Crippen LogP contribution in [0.15, 0.2) is 23.4 Å². The molecule has 1 saturated heterocycles. The Labute approximate surface area is 161 Å². The van der Waals surface area contributed by atoms with Crippen molar-refractivity contribution in [1.29, 1.82) is 0 Å². The summed E-state index contributed by atoms with van der Waals surface area (Å²) in [4.78, 5) is 30.8. The Balaban J connectivity index is 1.82. The number of H-pyrrole nitrogens is 1. The predicted molar refractivity (Wildman–Crippen MR) is 101 cm³/mol. The molecule has 1 aromatic carbocycles. The molecule has 1 amide bonds. The summed E-state index contributed by atoms with van der Waals surface area (Å²) in [6, 6.07) is 3.39. The molecule has 1 N–H and O–H groups in total. The highest BCUT2D eigenvalue weighted by atomic mass is 32.2. The molecule has 2 aromatic rings. The molecular formula is C17H22N4O6S. The van der Waals surface area contributed by atoms with E-state index in [2.05, 4.69) is 9.97 Å². The van der Waals surface area contributed by atoms with Crippen molar-refractivity contribution in [2.75, 3.05) is 12.3 Å². The second-order valence-electron chi connectivity index (χ2n) is 7.75. The lowest BCUT2D eigenvalue weighted by atomic mass is 10.2. The quantitative estimate of drug-likeness (QED) is 0.604. The van der Waals surface area contributed by atoms with Crippen LogP contribution in [-0.4, -0.2) is 58.2 Å². The van der Waals surface area contributed by atoms with E-state index in [1.165, 1.54) is 23.1 Å². The van der Waals surface area contributed by atoms with Crippen LogP contribution in [0.25, 0.3) is 11.0 Å². The van der Waals surface area contributed by atoms with E-state index in [0.29, 0.717) is 24.9 Å². The molecule has 0 unspecified atom stereocenters. The summed E-state index contributed by atoms with van der Waals surface area (Å²) in [6.07, 6.45) is 0.695. The molecule has 2 heterocycles. The van der Waals surface area contributed by atoms with Crippen molar-refractivity contribution in [3.63, 3.8) is 0 Å². The van der Waals surface area contributed by atoms with Gasteiger partial charge in [0.1, 0.15) is 5.60 Å². The number of carbonyl (C=O) groups excluding carboxylic acids is 1. The van der Waals surface area contributed by atoms with Gasteiger partial charge in [0, 0.05) is 24.7 Å². The van der Waals surface area contributed by atoms with Crippen LogP contribution in [-0.2, 0) is 14.6 Å². The van der Waals surface area contributed by atoms with Crippen LogP contribution in [0, 0.1) is 10.1 Å². The summed E-state index contributed by atoms with van der Waals surface area (Å²) in [6.45, 7) is 5.68. The standard InChI is InChI=1S/C17H22N4O6S/c1-17(2,3)27-16(22)20-8-4-5-12(20)10-28(25,26)15-18-13-7-6-11(21(23)24)9-14(13)19-15/h6-7,9,12H,4-5,8,10H2,1-3H3,(H,18,19)/t12-/m0/s1. The lowest BCUT2D eigenvalue weighted by Crippen LogP contribution is -2.42. The lowest BCUT2D eigenvalue weighted by Gasteiger charge is -2.28. The van der Waals surface area contributed by atoms with E-state index < -0.39 is 32.5 Å². The number of benzene rings is 1. The van der Waals surface area contributed by atoms with Crippen LogP contribution in [0.4, 0.5) is 10.5 Å². The molecule has 0 saturated carbocycles. The summed E-state index contributed by atoms with van der Waals surface area (Å²) in [5.41, 5.74) is -0.244. The number of hydrogen-bond acceptors (Lipinski definition) is 7. The van der Waals surface area contributed by atoms with Crippen molar-refractivity contribution in [1.82, 2.24) is 14.9 Å². The molecule has 0 radical (unpaired) electrons. The number of aromatic amines is 1. The fourth-order valence-electron chi connectivity index (χ4n) is 3.14. The largest absolute Gasteiger partial charge is 0.444 e. The molecule has 28 heavy (non-hydrogen) atoms. The molecule has 10 nitrogen and oxygen atoms in total. The molecule has 1 aliphatic heterocycles. The van der Waals surface area contributed by atoms with E-state index in [0.717, 1.165) is 0 Å². The average molecular weight is 410 g/mol. The van der Waals surface area contributed by atoms with Crippen LogP contribution in [0.1, 0.15) is 33.6 Å². The van der Waals surface area contributed by atoms with Gasteiger partial charge < -0.3 is 14.6 Å². The van der Waals surface area contributed by atoms with Gasteiger partial charge in [-0.2, -0.15) is 0 Å². The minimum Gasteiger partial charge on any atom is -0.444 e. The van der Waals surface area contributed by atoms with Gasteiger partial charge in [0.2, 0.25) is 15.0 Å². The molecule has 0 spiro atoms. The number of imidazole rings is 1. The van der Waals surface area contributed by atoms with Gasteiger partial charge in [-0.3, -0.25) is 10.1 Å². The van der Waals surface area contributed by atoms with Crippen LogP contribution >= 0.6 is 0 Å². The monoisotopic (exact) mass is 410 g/mol. The Morgan fingerprint density at radius 1 is 1.43 bits per heavy atom. The van der Waals surface area contributed by atoms with Gasteiger partial charge in [0.25, 0.3) is 5.69 Å². The molecule has 1 aliphatic rings. The first kappa shape index (κ1) is 20.1. The number of likely N-dealkylation sites (tertiary alicyclic amines) is 1. The maximum absolute atomic E-state index is 12.8. The molecule has 1 aromatic heterocycles. The normalized spacial score (nSPS) is 17.8. The van der Waals surface area contributed by atoms with E-state index in [1.54, 1.807) is 20.8 Å². The topological polar surface area (TPSA) is 136 Å². The zero-order chi connectivity index (χ0) is 20.7. The van der Waals surface area contributed by atoms with Crippen LogP contribution in [0.3, 0.4) is 0 Å². The summed E-state index contributed by atoms with van der Waals surface area (Å²) >= 11 is 0. The van der Waals surface area contributed by atoms with Gasteiger partial charge in [-0.05, 0) is 39.7 Å². The number of non-ortho nitro benzene ring substituents is 1. The van der Waals surface area contributed by atoms with Crippen molar-refractivity contribution in [2.45, 2.75) is 50.4 Å². The van der Waals surface area contributed by atoms with Crippen LogP contribution in [0.2, 0.25) is 0 Å². The fourth-order valence-corrected chi connectivity index (χ4v) is 4.65. The van der Waals surface area contributed by atoms with Crippen molar-refractivity contribution >= 4 is 32.7 Å². The smallest absolute Gasteiger partial charge is 0.410 e. The fraction of sp³-hybridized carbons (Fsp3) is 0.529. The Morgan fingerprint density at radius 3 is 2.79 bits per heavy atom. The molecule has 0 bridgehead atoms. The van der Waals surface area contributed by atoms with Crippen LogP contribution in [0.5, 0.6) is 0 Å². The highest BCUT2D eigenvalue weighted by Gasteiger charge is 2.36. The number of amides is 1. The van der Waals surface area contributed by atoms with Crippen molar-refractivity contribution in [2.24, 2.45) is 0 Å². The number of ether oxygens (including phenoxy) is 1. The first-order valence-electron chi connectivity index (χ1n) is 8.83. The average Bonchev–Trinajstić information content (AvgIpc) is 3.18. The number of rotatable bonds is 4. The number of hydrogen-bond donors (Lipinski definition) is 1. The molecule has 11 heteroatoms. The highest BCUT2D eigenvalue weighted by Crippen LogP contribution is 2.25. The number of nitrogens with one attached hydrogen (secondary N) is 1. The Kier molecular flexibility index (Phi) is 5.04. The second-order valence-corrected chi connectivity index (χ2v) is 9.70. The van der Waals surface area contributed by atoms with Gasteiger partial charge in [-0.15, -0.1) is 0 Å². The minimum absolute atomic E-state index is 0.160. The Hall–Kier alpha value is -2.69. The minimum atomic E-state index is -3.83. The maximum Gasteiger partial charge on any atom is 0.410 e. The number of aromatic nitrogens is 2. The number of nitro groups is 1. The third kappa shape index (κ3) is 4.24. The van der Waals surface area contributed by atoms with Crippen LogP contribution < -0.4 is 0 Å². The SMILES string of the molecule is CC(C)(C)OC(=O)N1CCC[C@H]1CS(=O)(=O)c1nc2ccc([N+](=O)[O-])cc2[nH]1. The van der Waals surface area contributed by atoms with E-state index in [4.69, 9.17) is 4.74 Å². The van der Waals surface area contributed by atoms with Gasteiger partial charge in [0.15, 0.2) is 0 Å². The Bertz CT molecular complexity index is 1020. The first-order chi connectivity index (χ1) is 13.0. The van der Waals surface area contributed by atoms with Crippen molar-refractivity contribution < 1.29 is 22.9 Å². The molecule has 1 fully saturated rings. The van der Waals surface area contributed by atoms with E-state index in [-0.39, 0.29) is 22.1 Å². The zero-order valence-electron chi connectivity index (χ0n) is 15.8. The molecule has 152 valence electrons. The van der Waals surface area contributed by atoms with Gasteiger partial charge in [-0.25, -0.2) is 18.2 Å². The number of nitro benzene ring substituents is 1. The lowest BCUT2D eigenvalue weighted by molar-refractivity contribution is -0.384. The first-order valence-corrected chi connectivity index (χ1v) is 10.5. The number of nitrogens with zero attached hydrogens (tertiary/aromatic N) is 3. The number of sulfone groups is 1. The van der Waals surface area contributed by atoms with E-state index in [9.17, 15) is 23.3 Å². The van der Waals surface area contributed by atoms with Crippen molar-refractivity contribution in [3.05, 3.63) is 28.3 Å². The summed E-state index contributed by atoms with van der Waals surface area (Å²) in [7, 11) is -3.83. The predicted octanol–water partition coefficient (Wildman–Crippen LogP) is 2.64. The van der Waals surface area contributed by atoms with Crippen molar-refractivity contribution in [3.8, 4) is 0 Å². The van der Waals surface area contributed by atoms with Gasteiger partial charge in [0.05, 0.1) is 21.7 Å². The number of fused-ring (bicyclic) bond motifs is 1. The Morgan fingerprint density at radius 2 is 2.14 bits per heavy atom. The third-order valence-electron chi connectivity index (χ3n) is 4.37.